The lowest BCUT2D eigenvalue weighted by Gasteiger charge is -2.18. The summed E-state index contributed by atoms with van der Waals surface area (Å²) in [7, 11) is 0. The molecule has 1 aromatic heterocycles. The molecular weight excluding hydrogens is 310 g/mol. The lowest BCUT2D eigenvalue weighted by Crippen LogP contribution is -2.27. The number of amides is 1. The molecule has 1 amide bonds. The van der Waals surface area contributed by atoms with Gasteiger partial charge in [0.25, 0.3) is 0 Å². The molecule has 23 heavy (non-hydrogen) atoms. The van der Waals surface area contributed by atoms with Crippen molar-refractivity contribution >= 4 is 29.3 Å². The predicted molar refractivity (Wildman–Crippen MR) is 94.0 cm³/mol. The Morgan fingerprint density at radius 1 is 1.26 bits per heavy atom. The van der Waals surface area contributed by atoms with Crippen molar-refractivity contribution in [2.45, 2.75) is 45.1 Å². The van der Waals surface area contributed by atoms with Crippen LogP contribution in [0.25, 0.3) is 11.0 Å². The molecule has 2 aliphatic rings. The summed E-state index contributed by atoms with van der Waals surface area (Å²) in [5.41, 5.74) is 2.22. The third kappa shape index (κ3) is 2.97. The predicted octanol–water partition coefficient (Wildman–Crippen LogP) is 3.76. The van der Waals surface area contributed by atoms with Crippen LogP contribution in [0.4, 0.5) is 0 Å². The van der Waals surface area contributed by atoms with Gasteiger partial charge < -0.3 is 9.47 Å². The van der Waals surface area contributed by atoms with Gasteiger partial charge in [0.15, 0.2) is 0 Å². The number of rotatable bonds is 4. The summed E-state index contributed by atoms with van der Waals surface area (Å²) in [6.45, 7) is 6.18. The summed E-state index contributed by atoms with van der Waals surface area (Å²) in [6.07, 6.45) is 3.20. The first-order valence-electron chi connectivity index (χ1n) is 8.38. The first kappa shape index (κ1) is 16.3. The molecule has 2 aromatic rings. The number of likely N-dealkylation sites (tertiary alicyclic amines) is 1. The maximum Gasteiger partial charge on any atom is 0.223 e. The summed E-state index contributed by atoms with van der Waals surface area (Å²) in [5.74, 6) is 2.38. The molecule has 0 radical (unpaired) electrons. The Morgan fingerprint density at radius 3 is 2.70 bits per heavy atom. The quantitative estimate of drug-likeness (QED) is 0.854. The molecule has 1 aromatic carbocycles. The monoisotopic (exact) mass is 333 g/mol. The van der Waals surface area contributed by atoms with Crippen LogP contribution >= 0.6 is 12.4 Å². The van der Waals surface area contributed by atoms with Crippen LogP contribution in [0.1, 0.15) is 50.9 Å². The van der Waals surface area contributed by atoms with E-state index in [0.717, 1.165) is 30.3 Å². The molecule has 0 spiro atoms. The number of benzene rings is 1. The second kappa shape index (κ2) is 6.16. The van der Waals surface area contributed by atoms with E-state index in [1.165, 1.54) is 18.4 Å². The number of carbonyl (C=O) groups is 1. The lowest BCUT2D eigenvalue weighted by molar-refractivity contribution is -0.127. The minimum Gasteiger partial charge on any atom is -0.342 e. The number of halogens is 1. The lowest BCUT2D eigenvalue weighted by atomic mass is 10.1. The highest BCUT2D eigenvalue weighted by Gasteiger charge is 2.37. The number of nitrogens with zero attached hydrogens (tertiary/aromatic N) is 3. The fraction of sp³-hybridized carbons (Fsp3) is 0.556. The van der Waals surface area contributed by atoms with Crippen molar-refractivity contribution in [1.82, 2.24) is 14.5 Å². The molecule has 4 nitrogen and oxygen atoms in total. The van der Waals surface area contributed by atoms with Crippen LogP contribution in [0.3, 0.4) is 0 Å². The molecular formula is C18H24ClN3O. The van der Waals surface area contributed by atoms with E-state index in [0.29, 0.717) is 18.4 Å². The Balaban J connectivity index is 0.00000156. The van der Waals surface area contributed by atoms with Crippen molar-refractivity contribution in [3.8, 4) is 0 Å². The minimum atomic E-state index is 0. The van der Waals surface area contributed by atoms with Crippen molar-refractivity contribution < 1.29 is 4.79 Å². The first-order valence-corrected chi connectivity index (χ1v) is 8.38. The van der Waals surface area contributed by atoms with Crippen molar-refractivity contribution in [2.24, 2.45) is 5.92 Å². The Hall–Kier alpha value is -1.55. The van der Waals surface area contributed by atoms with Gasteiger partial charge in [-0.05, 0) is 44.7 Å². The van der Waals surface area contributed by atoms with Gasteiger partial charge in [-0.1, -0.05) is 12.1 Å². The maximum absolute atomic E-state index is 12.3. The van der Waals surface area contributed by atoms with E-state index in [1.54, 1.807) is 0 Å². The number of aromatic nitrogens is 2. The fourth-order valence-electron chi connectivity index (χ4n) is 3.63. The van der Waals surface area contributed by atoms with E-state index in [9.17, 15) is 4.79 Å². The smallest absolute Gasteiger partial charge is 0.223 e. The van der Waals surface area contributed by atoms with Gasteiger partial charge in [-0.25, -0.2) is 4.98 Å². The van der Waals surface area contributed by atoms with Crippen LogP contribution in [0.2, 0.25) is 0 Å². The number of carbonyl (C=O) groups excluding carboxylic acids is 1. The molecule has 0 bridgehead atoms. The fourth-order valence-corrected chi connectivity index (χ4v) is 3.63. The van der Waals surface area contributed by atoms with E-state index in [2.05, 4.69) is 41.5 Å². The molecule has 1 saturated heterocycles. The van der Waals surface area contributed by atoms with Crippen molar-refractivity contribution in [1.29, 1.82) is 0 Å². The first-order chi connectivity index (χ1) is 10.6. The summed E-state index contributed by atoms with van der Waals surface area (Å²) < 4.78 is 2.31. The molecule has 1 saturated carbocycles. The van der Waals surface area contributed by atoms with E-state index in [4.69, 9.17) is 4.98 Å². The highest BCUT2D eigenvalue weighted by molar-refractivity contribution is 5.85. The molecule has 1 unspecified atom stereocenters. The van der Waals surface area contributed by atoms with Gasteiger partial charge >= 0.3 is 0 Å². The van der Waals surface area contributed by atoms with Gasteiger partial charge in [0.05, 0.1) is 11.0 Å². The van der Waals surface area contributed by atoms with Crippen LogP contribution in [0.15, 0.2) is 24.3 Å². The molecule has 124 valence electrons. The summed E-state index contributed by atoms with van der Waals surface area (Å²) >= 11 is 0. The zero-order valence-electron chi connectivity index (χ0n) is 13.7. The van der Waals surface area contributed by atoms with E-state index < -0.39 is 0 Å². The van der Waals surface area contributed by atoms with Crippen LogP contribution in [0.5, 0.6) is 0 Å². The molecule has 5 heteroatoms. The van der Waals surface area contributed by atoms with E-state index in [1.807, 2.05) is 6.07 Å². The van der Waals surface area contributed by atoms with Crippen LogP contribution in [-0.4, -0.2) is 33.4 Å². The number of hydrogen-bond donors (Lipinski definition) is 0. The van der Waals surface area contributed by atoms with Crippen molar-refractivity contribution in [3.05, 3.63) is 30.1 Å². The number of imidazole rings is 1. The standard InChI is InChI=1S/C18H23N3O.ClH/c1-12(2)21-16-6-4-3-5-15(16)19-18(21)14-9-17(22)20(11-14)10-13-7-8-13;/h3-6,12-14H,7-11H2,1-2H3;1H. The van der Waals surface area contributed by atoms with Gasteiger partial charge in [-0.15, -0.1) is 12.4 Å². The summed E-state index contributed by atoms with van der Waals surface area (Å²) in [6, 6.07) is 8.64. The number of fused-ring (bicyclic) bond motifs is 1. The SMILES string of the molecule is CC(C)n1c(C2CC(=O)N(CC3CC3)C2)nc2ccccc21.Cl. The van der Waals surface area contributed by atoms with Crippen molar-refractivity contribution in [3.63, 3.8) is 0 Å². The highest BCUT2D eigenvalue weighted by atomic mass is 35.5. The van der Waals surface area contributed by atoms with E-state index in [-0.39, 0.29) is 18.3 Å². The summed E-state index contributed by atoms with van der Waals surface area (Å²) in [4.78, 5) is 19.2. The Morgan fingerprint density at radius 2 is 2.00 bits per heavy atom. The van der Waals surface area contributed by atoms with Gasteiger partial charge in [0, 0.05) is 31.5 Å². The second-order valence-electron chi connectivity index (χ2n) is 7.07. The molecule has 4 rings (SSSR count). The topological polar surface area (TPSA) is 38.1 Å². The maximum atomic E-state index is 12.3. The molecule has 2 fully saturated rings. The number of para-hydroxylation sites is 2. The minimum absolute atomic E-state index is 0. The molecule has 1 atom stereocenters. The zero-order valence-corrected chi connectivity index (χ0v) is 14.6. The average Bonchev–Trinajstić information content (AvgIpc) is 3.10. The number of hydrogen-bond acceptors (Lipinski definition) is 2. The van der Waals surface area contributed by atoms with Gasteiger partial charge in [0.1, 0.15) is 5.82 Å². The Bertz CT molecular complexity index is 720. The largest absolute Gasteiger partial charge is 0.342 e. The summed E-state index contributed by atoms with van der Waals surface area (Å²) in [5, 5.41) is 0. The Labute approximate surface area is 143 Å². The zero-order chi connectivity index (χ0) is 15.3. The molecule has 0 N–H and O–H groups in total. The third-order valence-electron chi connectivity index (χ3n) is 4.89. The van der Waals surface area contributed by atoms with Gasteiger partial charge in [-0.2, -0.15) is 0 Å². The van der Waals surface area contributed by atoms with Gasteiger partial charge in [-0.3, -0.25) is 4.79 Å². The highest BCUT2D eigenvalue weighted by Crippen LogP contribution is 2.36. The molecule has 2 heterocycles. The third-order valence-corrected chi connectivity index (χ3v) is 4.89. The second-order valence-corrected chi connectivity index (χ2v) is 7.07. The normalized spacial score (nSPS) is 21.3. The van der Waals surface area contributed by atoms with E-state index >= 15 is 0 Å². The molecule has 1 aliphatic carbocycles. The van der Waals surface area contributed by atoms with Crippen LogP contribution in [0, 0.1) is 5.92 Å². The van der Waals surface area contributed by atoms with Crippen LogP contribution < -0.4 is 0 Å². The van der Waals surface area contributed by atoms with Gasteiger partial charge in [0.2, 0.25) is 5.91 Å². The van der Waals surface area contributed by atoms with Crippen LogP contribution in [-0.2, 0) is 4.79 Å². The Kier molecular flexibility index (Phi) is 4.37. The molecule has 1 aliphatic heterocycles. The van der Waals surface area contributed by atoms with Crippen molar-refractivity contribution in [2.75, 3.05) is 13.1 Å². The average molecular weight is 334 g/mol.